The number of aldehydes is 1. The highest BCUT2D eigenvalue weighted by Crippen LogP contribution is 1.86. The van der Waals surface area contributed by atoms with Gasteiger partial charge in [0.2, 0.25) is 0 Å². The van der Waals surface area contributed by atoms with Crippen LogP contribution in [0.4, 0.5) is 9.59 Å². The maximum atomic E-state index is 10.4. The van der Waals surface area contributed by atoms with E-state index in [0.29, 0.717) is 19.1 Å². The molecule has 0 spiro atoms. The fourth-order valence-electron chi connectivity index (χ4n) is 0.455. The summed E-state index contributed by atoms with van der Waals surface area (Å²) in [6, 6.07) is 0. The molecule has 0 aromatic rings. The van der Waals surface area contributed by atoms with Crippen LogP contribution in [0.3, 0.4) is 0 Å². The molecule has 6 nitrogen and oxygen atoms in total. The van der Waals surface area contributed by atoms with E-state index in [1.54, 1.807) is 0 Å². The SMILES string of the molecule is O=CCCCOC(=O)NC(=O)O. The van der Waals surface area contributed by atoms with Crippen LogP contribution in [0.5, 0.6) is 0 Å². The van der Waals surface area contributed by atoms with Crippen LogP contribution in [-0.4, -0.2) is 30.2 Å². The first-order valence-corrected chi connectivity index (χ1v) is 3.27. The first-order valence-electron chi connectivity index (χ1n) is 3.27. The minimum atomic E-state index is -1.46. The fraction of sp³-hybridized carbons (Fsp3) is 0.500. The van der Waals surface area contributed by atoms with E-state index in [0.717, 1.165) is 0 Å². The largest absolute Gasteiger partial charge is 0.465 e. The number of rotatable bonds is 4. The number of carboxylic acid groups (broad SMARTS) is 1. The van der Waals surface area contributed by atoms with Gasteiger partial charge in [0, 0.05) is 6.42 Å². The monoisotopic (exact) mass is 175 g/mol. The van der Waals surface area contributed by atoms with Crippen molar-refractivity contribution in [3.63, 3.8) is 0 Å². The topological polar surface area (TPSA) is 92.7 Å². The van der Waals surface area contributed by atoms with Gasteiger partial charge in [-0.3, -0.25) is 0 Å². The maximum Gasteiger partial charge on any atom is 0.416 e. The lowest BCUT2D eigenvalue weighted by Crippen LogP contribution is -2.29. The smallest absolute Gasteiger partial charge is 0.416 e. The fourth-order valence-corrected chi connectivity index (χ4v) is 0.455. The average Bonchev–Trinajstić information content (AvgIpc) is 1.97. The van der Waals surface area contributed by atoms with Crippen molar-refractivity contribution in [2.24, 2.45) is 0 Å². The van der Waals surface area contributed by atoms with Crippen LogP contribution in [0.2, 0.25) is 0 Å². The zero-order chi connectivity index (χ0) is 9.40. The van der Waals surface area contributed by atoms with Gasteiger partial charge < -0.3 is 14.6 Å². The Hall–Kier alpha value is -1.59. The number of nitrogens with one attached hydrogen (secondary N) is 1. The van der Waals surface area contributed by atoms with Gasteiger partial charge >= 0.3 is 12.2 Å². The maximum absolute atomic E-state index is 10.4. The number of unbranched alkanes of at least 4 members (excludes halogenated alkanes) is 1. The highest BCUT2D eigenvalue weighted by atomic mass is 16.6. The van der Waals surface area contributed by atoms with Crippen LogP contribution < -0.4 is 5.32 Å². The molecule has 0 aliphatic heterocycles. The van der Waals surface area contributed by atoms with Crippen LogP contribution in [0.15, 0.2) is 0 Å². The molecule has 0 aromatic heterocycles. The predicted octanol–water partition coefficient (Wildman–Crippen LogP) is 0.370. The summed E-state index contributed by atoms with van der Waals surface area (Å²) in [4.78, 5) is 30.0. The van der Waals surface area contributed by atoms with Gasteiger partial charge in [-0.15, -0.1) is 0 Å². The summed E-state index contributed by atoms with van der Waals surface area (Å²) in [5.41, 5.74) is 0. The van der Waals surface area contributed by atoms with Gasteiger partial charge in [-0.05, 0) is 6.42 Å². The number of ether oxygens (including phenoxy) is 1. The van der Waals surface area contributed by atoms with E-state index in [4.69, 9.17) is 5.11 Å². The van der Waals surface area contributed by atoms with E-state index in [2.05, 4.69) is 4.74 Å². The van der Waals surface area contributed by atoms with Gasteiger partial charge in [0.05, 0.1) is 6.61 Å². The highest BCUT2D eigenvalue weighted by molar-refractivity contribution is 5.86. The summed E-state index contributed by atoms with van der Waals surface area (Å²) >= 11 is 0. The number of alkyl carbamates (subject to hydrolysis) is 1. The average molecular weight is 175 g/mol. The second-order valence-electron chi connectivity index (χ2n) is 1.87. The van der Waals surface area contributed by atoms with E-state index < -0.39 is 12.2 Å². The van der Waals surface area contributed by atoms with Crippen molar-refractivity contribution in [2.75, 3.05) is 6.61 Å². The van der Waals surface area contributed by atoms with Gasteiger partial charge in [0.25, 0.3) is 0 Å². The van der Waals surface area contributed by atoms with Crippen LogP contribution >= 0.6 is 0 Å². The summed E-state index contributed by atoms with van der Waals surface area (Å²) in [6.07, 6.45) is -1.10. The highest BCUT2D eigenvalue weighted by Gasteiger charge is 2.04. The Kier molecular flexibility index (Phi) is 5.33. The summed E-state index contributed by atoms with van der Waals surface area (Å²) in [5.74, 6) is 0. The van der Waals surface area contributed by atoms with Gasteiger partial charge in [-0.1, -0.05) is 0 Å². The lowest BCUT2D eigenvalue weighted by molar-refractivity contribution is -0.108. The summed E-state index contributed by atoms with van der Waals surface area (Å²) in [6.45, 7) is 0.0395. The first kappa shape index (κ1) is 10.4. The molecule has 2 N–H and O–H groups in total. The zero-order valence-corrected chi connectivity index (χ0v) is 6.28. The van der Waals surface area contributed by atoms with Crippen LogP contribution in [0, 0.1) is 0 Å². The molecule has 0 saturated heterocycles. The molecule has 0 aromatic carbocycles. The third-order valence-corrected chi connectivity index (χ3v) is 0.908. The van der Waals surface area contributed by atoms with Crippen LogP contribution in [0.1, 0.15) is 12.8 Å². The second-order valence-corrected chi connectivity index (χ2v) is 1.87. The normalized spacial score (nSPS) is 8.67. The zero-order valence-electron chi connectivity index (χ0n) is 6.28. The summed E-state index contributed by atoms with van der Waals surface area (Å²) in [7, 11) is 0. The van der Waals surface area contributed by atoms with E-state index in [1.807, 2.05) is 0 Å². The second kappa shape index (κ2) is 6.14. The molecule has 0 atom stereocenters. The van der Waals surface area contributed by atoms with E-state index in [1.165, 1.54) is 5.32 Å². The molecular formula is C6H9NO5. The molecule has 2 amide bonds. The molecule has 12 heavy (non-hydrogen) atoms. The number of amides is 2. The molecule has 6 heteroatoms. The molecule has 0 aliphatic carbocycles. The Morgan fingerprint density at radius 1 is 1.50 bits per heavy atom. The summed E-state index contributed by atoms with van der Waals surface area (Å²) < 4.78 is 4.37. The van der Waals surface area contributed by atoms with E-state index >= 15 is 0 Å². The predicted molar refractivity (Wildman–Crippen MR) is 37.8 cm³/mol. The molecule has 68 valence electrons. The van der Waals surface area contributed by atoms with Crippen molar-refractivity contribution in [2.45, 2.75) is 12.8 Å². The number of hydrogen-bond donors (Lipinski definition) is 2. The van der Waals surface area contributed by atoms with Crippen molar-refractivity contribution in [3.05, 3.63) is 0 Å². The molecule has 0 heterocycles. The van der Waals surface area contributed by atoms with Crippen molar-refractivity contribution in [3.8, 4) is 0 Å². The number of carbonyl (C=O) groups excluding carboxylic acids is 2. The molecule has 0 bridgehead atoms. The first-order chi connectivity index (χ1) is 5.66. The Labute approximate surface area is 68.5 Å². The van der Waals surface area contributed by atoms with Gasteiger partial charge in [0.15, 0.2) is 0 Å². The van der Waals surface area contributed by atoms with E-state index in [9.17, 15) is 14.4 Å². The Morgan fingerprint density at radius 3 is 2.67 bits per heavy atom. The standard InChI is InChI=1S/C6H9NO5/c8-3-1-2-4-12-6(11)7-5(9)10/h3H,1-2,4H2,(H,7,11)(H,9,10). The third kappa shape index (κ3) is 6.53. The molecule has 0 unspecified atom stereocenters. The lowest BCUT2D eigenvalue weighted by Gasteiger charge is -2.00. The minimum Gasteiger partial charge on any atom is -0.465 e. The molecule has 0 fully saturated rings. The number of carbonyl (C=O) groups is 3. The molecule has 0 saturated carbocycles. The number of hydrogen-bond acceptors (Lipinski definition) is 4. The molecule has 0 rings (SSSR count). The Balaban J connectivity index is 3.31. The van der Waals surface area contributed by atoms with Crippen molar-refractivity contribution >= 4 is 18.5 Å². The third-order valence-electron chi connectivity index (χ3n) is 0.908. The molecule has 0 radical (unpaired) electrons. The Bertz CT molecular complexity index is 179. The van der Waals surface area contributed by atoms with Crippen molar-refractivity contribution < 1.29 is 24.2 Å². The quantitative estimate of drug-likeness (QED) is 0.475. The van der Waals surface area contributed by atoms with Crippen molar-refractivity contribution in [1.29, 1.82) is 0 Å². The van der Waals surface area contributed by atoms with Crippen molar-refractivity contribution in [1.82, 2.24) is 5.32 Å². The van der Waals surface area contributed by atoms with Crippen LogP contribution in [-0.2, 0) is 9.53 Å². The van der Waals surface area contributed by atoms with Gasteiger partial charge in [0.1, 0.15) is 6.29 Å². The number of imide groups is 1. The van der Waals surface area contributed by atoms with Gasteiger partial charge in [-0.2, -0.15) is 0 Å². The van der Waals surface area contributed by atoms with Crippen LogP contribution in [0.25, 0.3) is 0 Å². The molecule has 0 aliphatic rings. The van der Waals surface area contributed by atoms with E-state index in [-0.39, 0.29) is 6.61 Å². The van der Waals surface area contributed by atoms with Gasteiger partial charge in [-0.25, -0.2) is 14.9 Å². The summed E-state index contributed by atoms with van der Waals surface area (Å²) in [5, 5.41) is 9.51. The lowest BCUT2D eigenvalue weighted by atomic mass is 10.3. The Morgan fingerprint density at radius 2 is 2.17 bits per heavy atom. The minimum absolute atomic E-state index is 0.0395. The molecular weight excluding hydrogens is 166 g/mol.